The zero-order valence-corrected chi connectivity index (χ0v) is 23.9. The van der Waals surface area contributed by atoms with Gasteiger partial charge in [0.25, 0.3) is 5.56 Å². The number of aromatic amines is 1. The predicted molar refractivity (Wildman–Crippen MR) is 159 cm³/mol. The molecule has 41 heavy (non-hydrogen) atoms. The number of hydrogen-bond donors (Lipinski definition) is 2. The Morgan fingerprint density at radius 3 is 2.56 bits per heavy atom. The van der Waals surface area contributed by atoms with Gasteiger partial charge in [-0.3, -0.25) is 20.0 Å². The highest BCUT2D eigenvalue weighted by Crippen LogP contribution is 2.33. The molecule has 2 saturated heterocycles. The third-order valence-electron chi connectivity index (χ3n) is 8.11. The van der Waals surface area contributed by atoms with E-state index in [-0.39, 0.29) is 11.5 Å². The van der Waals surface area contributed by atoms with Gasteiger partial charge in [-0.05, 0) is 76.5 Å². The number of rotatable bonds is 10. The Kier molecular flexibility index (Phi) is 7.89. The van der Waals surface area contributed by atoms with Gasteiger partial charge in [-0.2, -0.15) is 0 Å². The molecule has 0 spiro atoms. The van der Waals surface area contributed by atoms with Gasteiger partial charge in [0.2, 0.25) is 11.9 Å². The Bertz CT molecular complexity index is 1600. The molecule has 6 rings (SSSR count). The van der Waals surface area contributed by atoms with Crippen LogP contribution in [0.2, 0.25) is 0 Å². The van der Waals surface area contributed by atoms with Crippen molar-refractivity contribution in [3.8, 4) is 17.2 Å². The molecule has 11 heteroatoms. The maximum atomic E-state index is 13.0. The van der Waals surface area contributed by atoms with E-state index in [4.69, 9.17) is 14.2 Å². The number of benzene rings is 2. The molecule has 11 nitrogen and oxygen atoms in total. The first-order valence-electron chi connectivity index (χ1n) is 14.3. The fourth-order valence-electron chi connectivity index (χ4n) is 5.98. The number of anilines is 2. The lowest BCUT2D eigenvalue weighted by Gasteiger charge is -2.28. The molecule has 2 aromatic carbocycles. The van der Waals surface area contributed by atoms with Crippen molar-refractivity contribution in [2.75, 3.05) is 58.9 Å². The minimum absolute atomic E-state index is 0.258. The van der Waals surface area contributed by atoms with Crippen molar-refractivity contribution >= 4 is 33.7 Å². The summed E-state index contributed by atoms with van der Waals surface area (Å²) in [4.78, 5) is 34.7. The van der Waals surface area contributed by atoms with E-state index >= 15 is 0 Å². The summed E-state index contributed by atoms with van der Waals surface area (Å²) >= 11 is 0. The largest absolute Gasteiger partial charge is 0.493 e. The molecule has 2 fully saturated rings. The van der Waals surface area contributed by atoms with E-state index in [2.05, 4.69) is 35.1 Å². The summed E-state index contributed by atoms with van der Waals surface area (Å²) in [5.74, 6) is 2.41. The Morgan fingerprint density at radius 1 is 0.951 bits per heavy atom. The fraction of sp³-hybridized carbons (Fsp3) is 0.467. The van der Waals surface area contributed by atoms with Crippen LogP contribution in [-0.4, -0.2) is 89.3 Å². The topological polar surface area (TPSA) is 118 Å². The third kappa shape index (κ3) is 5.91. The van der Waals surface area contributed by atoms with Crippen molar-refractivity contribution < 1.29 is 14.2 Å². The number of fused-ring (bicyclic) bond motifs is 2. The first-order chi connectivity index (χ1) is 20.0. The van der Waals surface area contributed by atoms with Crippen LogP contribution in [0, 0.1) is 6.92 Å². The van der Waals surface area contributed by atoms with E-state index in [0.717, 1.165) is 24.2 Å². The number of nitrogens with one attached hydrogen (secondary N) is 2. The number of methoxy groups -OCH3 is 2. The quantitative estimate of drug-likeness (QED) is 0.296. The van der Waals surface area contributed by atoms with Crippen molar-refractivity contribution in [2.24, 2.45) is 0 Å². The molecule has 0 saturated carbocycles. The van der Waals surface area contributed by atoms with Crippen molar-refractivity contribution in [2.45, 2.75) is 38.6 Å². The highest BCUT2D eigenvalue weighted by molar-refractivity contribution is 5.86. The summed E-state index contributed by atoms with van der Waals surface area (Å²) in [5, 5.41) is 4.35. The second-order valence-corrected chi connectivity index (χ2v) is 10.8. The fourth-order valence-corrected chi connectivity index (χ4v) is 5.98. The van der Waals surface area contributed by atoms with E-state index in [9.17, 15) is 4.79 Å². The Morgan fingerprint density at radius 2 is 1.76 bits per heavy atom. The molecule has 4 aromatic rings. The van der Waals surface area contributed by atoms with Crippen molar-refractivity contribution in [3.63, 3.8) is 0 Å². The van der Waals surface area contributed by atoms with Crippen LogP contribution in [-0.2, 0) is 0 Å². The van der Waals surface area contributed by atoms with Gasteiger partial charge in [0.1, 0.15) is 12.4 Å². The highest BCUT2D eigenvalue weighted by Gasteiger charge is 2.27. The summed E-state index contributed by atoms with van der Waals surface area (Å²) in [6.45, 7) is 8.12. The van der Waals surface area contributed by atoms with E-state index in [1.807, 2.05) is 19.1 Å². The number of nitrogens with zero attached hydrogens (tertiary/aromatic N) is 5. The molecule has 4 heterocycles. The molecule has 2 N–H and O–H groups in total. The standard InChI is InChI=1S/C30H37N7O4/c1-19-22-16-26(39-2)27(40-3)17-25(22)33-29(31-19)35-30-32-24-9-8-21(15-23(24)28(38)34-30)41-14-13-37-12-6-7-20(37)18-36-10-4-5-11-36/h8-9,15-17,20H,4-7,10-14,18H2,1-3H3,(H2,31,32,33,34,35,38). The van der Waals surface area contributed by atoms with E-state index in [0.29, 0.717) is 52.3 Å². The van der Waals surface area contributed by atoms with Crippen molar-refractivity contribution in [3.05, 3.63) is 46.4 Å². The first kappa shape index (κ1) is 27.2. The van der Waals surface area contributed by atoms with Crippen LogP contribution in [0.15, 0.2) is 35.1 Å². The summed E-state index contributed by atoms with van der Waals surface area (Å²) in [5.41, 5.74) is 1.72. The lowest BCUT2D eigenvalue weighted by Crippen LogP contribution is -2.41. The second kappa shape index (κ2) is 11.9. The Hall–Kier alpha value is -3.96. The molecule has 2 aliphatic heterocycles. The van der Waals surface area contributed by atoms with Gasteiger partial charge in [0, 0.05) is 30.6 Å². The smallest absolute Gasteiger partial charge is 0.260 e. The molecular formula is C30H37N7O4. The number of H-pyrrole nitrogens is 1. The van der Waals surface area contributed by atoms with E-state index in [1.165, 1.54) is 45.3 Å². The number of hydrogen-bond acceptors (Lipinski definition) is 10. The minimum Gasteiger partial charge on any atom is -0.493 e. The monoisotopic (exact) mass is 559 g/mol. The summed E-state index contributed by atoms with van der Waals surface area (Å²) in [6.07, 6.45) is 5.16. The zero-order chi connectivity index (χ0) is 28.3. The maximum Gasteiger partial charge on any atom is 0.260 e. The van der Waals surface area contributed by atoms with Crippen LogP contribution in [0.3, 0.4) is 0 Å². The zero-order valence-electron chi connectivity index (χ0n) is 23.9. The lowest BCUT2D eigenvalue weighted by molar-refractivity contribution is 0.163. The van der Waals surface area contributed by atoms with E-state index < -0.39 is 0 Å². The molecular weight excluding hydrogens is 522 g/mol. The van der Waals surface area contributed by atoms with Crippen molar-refractivity contribution in [1.82, 2.24) is 29.7 Å². The normalized spacial score (nSPS) is 17.9. The highest BCUT2D eigenvalue weighted by atomic mass is 16.5. The molecule has 1 unspecified atom stereocenters. The lowest BCUT2D eigenvalue weighted by atomic mass is 10.1. The minimum atomic E-state index is -0.267. The van der Waals surface area contributed by atoms with Gasteiger partial charge in [-0.1, -0.05) is 0 Å². The molecule has 1 atom stereocenters. The summed E-state index contributed by atoms with van der Waals surface area (Å²) in [6, 6.07) is 9.69. The van der Waals surface area contributed by atoms with Gasteiger partial charge >= 0.3 is 0 Å². The van der Waals surface area contributed by atoms with Gasteiger partial charge in [-0.15, -0.1) is 0 Å². The van der Waals surface area contributed by atoms with Crippen LogP contribution in [0.25, 0.3) is 21.8 Å². The molecule has 0 radical (unpaired) electrons. The molecule has 216 valence electrons. The summed E-state index contributed by atoms with van der Waals surface area (Å²) in [7, 11) is 3.17. The van der Waals surface area contributed by atoms with Gasteiger partial charge in [-0.25, -0.2) is 15.0 Å². The predicted octanol–water partition coefficient (Wildman–Crippen LogP) is 3.87. The molecule has 0 amide bonds. The van der Waals surface area contributed by atoms with Gasteiger partial charge in [0.15, 0.2) is 11.5 Å². The SMILES string of the molecule is COc1cc2nc(Nc3nc4ccc(OCCN5CCCC5CN5CCCC5)cc4c(=O)[nH]3)nc(C)c2cc1OC. The first-order valence-corrected chi connectivity index (χ1v) is 14.3. The van der Waals surface area contributed by atoms with Crippen molar-refractivity contribution in [1.29, 1.82) is 0 Å². The number of aryl methyl sites for hydroxylation is 1. The average molecular weight is 560 g/mol. The van der Waals surface area contributed by atoms with Crippen LogP contribution in [0.4, 0.5) is 11.9 Å². The van der Waals surface area contributed by atoms with Gasteiger partial charge in [0.05, 0.1) is 36.3 Å². The average Bonchev–Trinajstić information content (AvgIpc) is 3.65. The van der Waals surface area contributed by atoms with Crippen LogP contribution in [0.5, 0.6) is 17.2 Å². The molecule has 0 bridgehead atoms. The van der Waals surface area contributed by atoms with E-state index in [1.54, 1.807) is 32.4 Å². The van der Waals surface area contributed by atoms with Crippen LogP contribution < -0.4 is 25.1 Å². The van der Waals surface area contributed by atoms with Crippen LogP contribution in [0.1, 0.15) is 31.4 Å². The molecule has 2 aliphatic rings. The number of aromatic nitrogens is 4. The Balaban J connectivity index is 1.13. The third-order valence-corrected chi connectivity index (χ3v) is 8.11. The Labute approximate surface area is 238 Å². The van der Waals surface area contributed by atoms with Crippen LogP contribution >= 0.6 is 0 Å². The molecule has 2 aromatic heterocycles. The molecule has 0 aliphatic carbocycles. The summed E-state index contributed by atoms with van der Waals surface area (Å²) < 4.78 is 16.9. The van der Waals surface area contributed by atoms with Gasteiger partial charge < -0.3 is 19.1 Å². The second-order valence-electron chi connectivity index (χ2n) is 10.8. The number of ether oxygens (including phenoxy) is 3. The maximum absolute atomic E-state index is 13.0. The number of likely N-dealkylation sites (tertiary alicyclic amines) is 2.